The second-order valence-electron chi connectivity index (χ2n) is 5.26. The van der Waals surface area contributed by atoms with Gasteiger partial charge in [0.2, 0.25) is 10.0 Å². The predicted molar refractivity (Wildman–Crippen MR) is 81.3 cm³/mol. The first-order valence-corrected chi connectivity index (χ1v) is 8.77. The number of likely N-dealkylation sites (N-methyl/N-ethyl adjacent to an activating group) is 1. The van der Waals surface area contributed by atoms with Crippen LogP contribution in [0.4, 0.5) is 5.82 Å². The van der Waals surface area contributed by atoms with Crippen molar-refractivity contribution in [2.45, 2.75) is 32.2 Å². The Hall–Kier alpha value is -1.14. The van der Waals surface area contributed by atoms with Crippen LogP contribution in [-0.2, 0) is 10.0 Å². The molecular weight excluding hydrogens is 274 g/mol. The van der Waals surface area contributed by atoms with E-state index in [-0.39, 0.29) is 11.8 Å². The minimum atomic E-state index is -3.13. The molecule has 1 fully saturated rings. The molecule has 2 rings (SSSR count). The second-order valence-corrected chi connectivity index (χ2v) is 7.41. The second kappa shape index (κ2) is 6.54. The maximum Gasteiger partial charge on any atom is 0.214 e. The molecule has 0 aliphatic carbocycles. The number of sulfonamides is 1. The van der Waals surface area contributed by atoms with E-state index in [1.54, 1.807) is 17.5 Å². The minimum Gasteiger partial charge on any atom is -0.355 e. The van der Waals surface area contributed by atoms with E-state index in [0.717, 1.165) is 31.7 Å². The van der Waals surface area contributed by atoms with Crippen molar-refractivity contribution in [2.24, 2.45) is 0 Å². The van der Waals surface area contributed by atoms with Crippen molar-refractivity contribution in [3.05, 3.63) is 24.4 Å². The standard InChI is InChI=1S/C14H23N3O2S/c1-3-11-20(18,19)16(2)13-7-6-10-17(12-13)14-8-4-5-9-15-14/h4-5,8-9,13H,3,6-7,10-12H2,1-2H3/t13-/m0/s1. The lowest BCUT2D eigenvalue weighted by Gasteiger charge is -2.37. The van der Waals surface area contributed by atoms with Crippen LogP contribution < -0.4 is 4.90 Å². The summed E-state index contributed by atoms with van der Waals surface area (Å²) in [5.41, 5.74) is 0. The van der Waals surface area contributed by atoms with Crippen molar-refractivity contribution in [3.63, 3.8) is 0 Å². The molecule has 20 heavy (non-hydrogen) atoms. The minimum absolute atomic E-state index is 0.0438. The van der Waals surface area contributed by atoms with Gasteiger partial charge in [-0.25, -0.2) is 17.7 Å². The van der Waals surface area contributed by atoms with Crippen LogP contribution in [0.2, 0.25) is 0 Å². The van der Waals surface area contributed by atoms with Crippen molar-refractivity contribution in [1.82, 2.24) is 9.29 Å². The summed E-state index contributed by atoms with van der Waals surface area (Å²) < 4.78 is 25.9. The van der Waals surface area contributed by atoms with Crippen LogP contribution in [0.25, 0.3) is 0 Å². The third kappa shape index (κ3) is 3.49. The lowest BCUT2D eigenvalue weighted by atomic mass is 10.1. The van der Waals surface area contributed by atoms with Crippen molar-refractivity contribution in [3.8, 4) is 0 Å². The highest BCUT2D eigenvalue weighted by Gasteiger charge is 2.30. The van der Waals surface area contributed by atoms with Crippen LogP contribution in [0.5, 0.6) is 0 Å². The summed E-state index contributed by atoms with van der Waals surface area (Å²) in [6.07, 6.45) is 4.34. The first-order chi connectivity index (χ1) is 9.54. The van der Waals surface area contributed by atoms with E-state index in [4.69, 9.17) is 0 Å². The lowest BCUT2D eigenvalue weighted by molar-refractivity contribution is 0.319. The average Bonchev–Trinajstić information content (AvgIpc) is 2.47. The molecule has 6 heteroatoms. The molecule has 1 saturated heterocycles. The van der Waals surface area contributed by atoms with Gasteiger partial charge in [0.25, 0.3) is 0 Å². The van der Waals surface area contributed by atoms with Crippen LogP contribution >= 0.6 is 0 Å². The number of rotatable bonds is 5. The van der Waals surface area contributed by atoms with Gasteiger partial charge in [0, 0.05) is 32.4 Å². The maximum absolute atomic E-state index is 12.2. The Balaban J connectivity index is 2.07. The summed E-state index contributed by atoms with van der Waals surface area (Å²) in [6, 6.07) is 5.87. The topological polar surface area (TPSA) is 53.5 Å². The Labute approximate surface area is 121 Å². The number of piperidine rings is 1. The molecule has 0 N–H and O–H groups in total. The quantitative estimate of drug-likeness (QED) is 0.830. The lowest BCUT2D eigenvalue weighted by Crippen LogP contribution is -2.49. The zero-order valence-corrected chi connectivity index (χ0v) is 13.0. The molecule has 1 aliphatic heterocycles. The van der Waals surface area contributed by atoms with Crippen LogP contribution in [0.3, 0.4) is 0 Å². The summed E-state index contributed by atoms with van der Waals surface area (Å²) in [5, 5.41) is 0. The number of anilines is 1. The summed E-state index contributed by atoms with van der Waals surface area (Å²) in [5.74, 6) is 1.15. The van der Waals surface area contributed by atoms with Gasteiger partial charge in [0.15, 0.2) is 0 Å². The number of hydrogen-bond acceptors (Lipinski definition) is 4. The molecule has 1 atom stereocenters. The van der Waals surface area contributed by atoms with Gasteiger partial charge in [0.05, 0.1) is 5.75 Å². The van der Waals surface area contributed by atoms with Gasteiger partial charge in [0.1, 0.15) is 5.82 Å². The third-order valence-electron chi connectivity index (χ3n) is 3.78. The van der Waals surface area contributed by atoms with E-state index in [2.05, 4.69) is 9.88 Å². The van der Waals surface area contributed by atoms with E-state index in [1.807, 2.05) is 25.1 Å². The number of aromatic nitrogens is 1. The molecule has 1 aromatic heterocycles. The highest BCUT2D eigenvalue weighted by molar-refractivity contribution is 7.89. The molecule has 1 aromatic rings. The van der Waals surface area contributed by atoms with Gasteiger partial charge in [-0.2, -0.15) is 0 Å². The molecule has 2 heterocycles. The molecule has 0 unspecified atom stereocenters. The zero-order valence-electron chi connectivity index (χ0n) is 12.2. The van der Waals surface area contributed by atoms with Crippen LogP contribution in [0.15, 0.2) is 24.4 Å². The van der Waals surface area contributed by atoms with Gasteiger partial charge < -0.3 is 4.90 Å². The number of pyridine rings is 1. The highest BCUT2D eigenvalue weighted by atomic mass is 32.2. The molecule has 0 saturated carbocycles. The first-order valence-electron chi connectivity index (χ1n) is 7.16. The van der Waals surface area contributed by atoms with E-state index < -0.39 is 10.0 Å². The van der Waals surface area contributed by atoms with Gasteiger partial charge in [-0.05, 0) is 31.4 Å². The van der Waals surface area contributed by atoms with E-state index >= 15 is 0 Å². The highest BCUT2D eigenvalue weighted by Crippen LogP contribution is 2.21. The molecule has 112 valence electrons. The molecule has 0 aromatic carbocycles. The summed E-state index contributed by atoms with van der Waals surface area (Å²) in [4.78, 5) is 6.53. The number of nitrogens with zero attached hydrogens (tertiary/aromatic N) is 3. The predicted octanol–water partition coefficient (Wildman–Crippen LogP) is 1.72. The number of hydrogen-bond donors (Lipinski definition) is 0. The molecule has 5 nitrogen and oxygen atoms in total. The monoisotopic (exact) mass is 297 g/mol. The molecule has 1 aliphatic rings. The Bertz CT molecular complexity index is 518. The van der Waals surface area contributed by atoms with Crippen molar-refractivity contribution < 1.29 is 8.42 Å². The molecular formula is C14H23N3O2S. The van der Waals surface area contributed by atoms with Crippen LogP contribution in [0.1, 0.15) is 26.2 Å². The maximum atomic E-state index is 12.2. The Morgan fingerprint density at radius 2 is 2.25 bits per heavy atom. The van der Waals surface area contributed by atoms with Crippen molar-refractivity contribution in [1.29, 1.82) is 0 Å². The largest absolute Gasteiger partial charge is 0.355 e. The van der Waals surface area contributed by atoms with Crippen molar-refractivity contribution in [2.75, 3.05) is 30.8 Å². The Morgan fingerprint density at radius 1 is 1.45 bits per heavy atom. The molecule has 0 bridgehead atoms. The summed E-state index contributed by atoms with van der Waals surface area (Å²) in [6.45, 7) is 3.55. The Kier molecular flexibility index (Phi) is 4.99. The normalized spacial score (nSPS) is 20.4. The summed E-state index contributed by atoms with van der Waals surface area (Å²) >= 11 is 0. The van der Waals surface area contributed by atoms with Gasteiger partial charge in [-0.1, -0.05) is 13.0 Å². The fourth-order valence-electron chi connectivity index (χ4n) is 2.63. The SMILES string of the molecule is CCCS(=O)(=O)N(C)[C@H]1CCCN(c2ccccn2)C1. The first kappa shape index (κ1) is 15.3. The van der Waals surface area contributed by atoms with Gasteiger partial charge in [-0.15, -0.1) is 0 Å². The van der Waals surface area contributed by atoms with Crippen molar-refractivity contribution >= 4 is 15.8 Å². The average molecular weight is 297 g/mol. The summed E-state index contributed by atoms with van der Waals surface area (Å²) in [7, 11) is -1.42. The molecule has 0 radical (unpaired) electrons. The van der Waals surface area contributed by atoms with Crippen LogP contribution in [0, 0.1) is 0 Å². The fourth-order valence-corrected chi connectivity index (χ4v) is 4.06. The third-order valence-corrected chi connectivity index (χ3v) is 5.88. The van der Waals surface area contributed by atoms with E-state index in [9.17, 15) is 8.42 Å². The van der Waals surface area contributed by atoms with E-state index in [1.165, 1.54) is 0 Å². The van der Waals surface area contributed by atoms with Crippen LogP contribution in [-0.4, -0.2) is 49.6 Å². The fraction of sp³-hybridized carbons (Fsp3) is 0.643. The Morgan fingerprint density at radius 3 is 2.90 bits per heavy atom. The van der Waals surface area contributed by atoms with E-state index in [0.29, 0.717) is 6.42 Å². The molecule has 0 spiro atoms. The van der Waals surface area contributed by atoms with Gasteiger partial charge in [-0.3, -0.25) is 0 Å². The smallest absolute Gasteiger partial charge is 0.214 e. The molecule has 0 amide bonds. The zero-order chi connectivity index (χ0) is 14.6. The van der Waals surface area contributed by atoms with Gasteiger partial charge >= 0.3 is 0 Å².